The molecule has 4 rings (SSSR count). The van der Waals surface area contributed by atoms with Crippen molar-refractivity contribution in [1.29, 1.82) is 0 Å². The molecule has 2 aromatic carbocycles. The molecule has 0 bridgehead atoms. The Balaban J connectivity index is 1.57. The van der Waals surface area contributed by atoms with Gasteiger partial charge in [-0.1, -0.05) is 30.3 Å². The molecule has 1 atom stereocenters. The molecule has 1 unspecified atom stereocenters. The van der Waals surface area contributed by atoms with Crippen molar-refractivity contribution < 1.29 is 13.6 Å². The van der Waals surface area contributed by atoms with Crippen LogP contribution in [-0.2, 0) is 11.2 Å². The molecule has 6 heteroatoms. The highest BCUT2D eigenvalue weighted by Gasteiger charge is 2.30. The molecule has 0 aliphatic carbocycles. The van der Waals surface area contributed by atoms with Crippen LogP contribution < -0.4 is 5.32 Å². The third-order valence-corrected chi connectivity index (χ3v) is 5.73. The van der Waals surface area contributed by atoms with Gasteiger partial charge in [0.2, 0.25) is 5.91 Å². The second kappa shape index (κ2) is 7.58. The van der Waals surface area contributed by atoms with E-state index >= 15 is 0 Å². The van der Waals surface area contributed by atoms with Crippen LogP contribution in [0.3, 0.4) is 0 Å². The van der Waals surface area contributed by atoms with Gasteiger partial charge in [0.1, 0.15) is 11.6 Å². The monoisotopic (exact) mass is 384 g/mol. The van der Waals surface area contributed by atoms with E-state index in [0.717, 1.165) is 36.7 Å². The lowest BCUT2D eigenvalue weighted by atomic mass is 9.93. The number of hydrogen-bond donors (Lipinski definition) is 1. The number of benzene rings is 2. The number of halogens is 2. The summed E-state index contributed by atoms with van der Waals surface area (Å²) in [5, 5.41) is 4.57. The summed E-state index contributed by atoms with van der Waals surface area (Å²) in [4.78, 5) is 15.9. The van der Waals surface area contributed by atoms with Crippen LogP contribution in [0.25, 0.3) is 0 Å². The van der Waals surface area contributed by atoms with E-state index in [4.69, 9.17) is 0 Å². The first-order valence-corrected chi connectivity index (χ1v) is 9.60. The van der Waals surface area contributed by atoms with Crippen molar-refractivity contribution in [1.82, 2.24) is 4.90 Å². The molecule has 138 valence electrons. The summed E-state index contributed by atoms with van der Waals surface area (Å²) < 4.78 is 27.2. The van der Waals surface area contributed by atoms with Gasteiger partial charge in [-0.15, -0.1) is 11.3 Å². The molecular weight excluding hydrogens is 366 g/mol. The van der Waals surface area contributed by atoms with Crippen molar-refractivity contribution in [3.05, 3.63) is 87.6 Å². The lowest BCUT2D eigenvalue weighted by Gasteiger charge is -2.35. The van der Waals surface area contributed by atoms with Crippen LogP contribution in [-0.4, -0.2) is 23.9 Å². The minimum absolute atomic E-state index is 0.0238. The molecule has 1 aromatic heterocycles. The lowest BCUT2D eigenvalue weighted by molar-refractivity contribution is -0.117. The van der Waals surface area contributed by atoms with Crippen LogP contribution in [0.1, 0.15) is 22.0 Å². The summed E-state index contributed by atoms with van der Waals surface area (Å²) in [6.07, 6.45) is 0.873. The van der Waals surface area contributed by atoms with Crippen molar-refractivity contribution >= 4 is 22.9 Å². The standard InChI is InChI=1S/C21H18F2N2OS/c22-15-6-7-17(23)18(12-15)24-20(26)13-25-10-8-19-16(9-11-27-19)21(25)14-4-2-1-3-5-14/h1-7,9,11-12,21H,8,10,13H2,(H,24,26). The van der Waals surface area contributed by atoms with Crippen molar-refractivity contribution in [2.45, 2.75) is 12.5 Å². The van der Waals surface area contributed by atoms with Crippen molar-refractivity contribution in [3.8, 4) is 0 Å². The van der Waals surface area contributed by atoms with Gasteiger partial charge in [0.25, 0.3) is 0 Å². The van der Waals surface area contributed by atoms with Crippen LogP contribution in [0.5, 0.6) is 0 Å². The normalized spacial score (nSPS) is 16.7. The molecule has 1 amide bonds. The van der Waals surface area contributed by atoms with Crippen LogP contribution >= 0.6 is 11.3 Å². The number of carbonyl (C=O) groups excluding carboxylic acids is 1. The highest BCUT2D eigenvalue weighted by molar-refractivity contribution is 7.10. The zero-order valence-electron chi connectivity index (χ0n) is 14.5. The largest absolute Gasteiger partial charge is 0.322 e. The van der Waals surface area contributed by atoms with E-state index in [1.165, 1.54) is 10.4 Å². The second-order valence-corrected chi connectivity index (χ2v) is 7.51. The molecule has 3 aromatic rings. The summed E-state index contributed by atoms with van der Waals surface area (Å²) in [5.74, 6) is -1.60. The summed E-state index contributed by atoms with van der Waals surface area (Å²) in [7, 11) is 0. The van der Waals surface area contributed by atoms with Crippen LogP contribution in [0, 0.1) is 11.6 Å². The van der Waals surface area contributed by atoms with Gasteiger partial charge in [-0.25, -0.2) is 8.78 Å². The number of amides is 1. The summed E-state index contributed by atoms with van der Waals surface area (Å²) in [6.45, 7) is 0.830. The molecule has 1 aliphatic heterocycles. The fraction of sp³-hybridized carbons (Fsp3) is 0.190. The number of hydrogen-bond acceptors (Lipinski definition) is 3. The molecule has 1 N–H and O–H groups in total. The van der Waals surface area contributed by atoms with Crippen molar-refractivity contribution in [2.75, 3.05) is 18.4 Å². The quantitative estimate of drug-likeness (QED) is 0.712. The molecule has 0 radical (unpaired) electrons. The molecule has 0 spiro atoms. The molecule has 2 heterocycles. The Morgan fingerprint density at radius 1 is 1.15 bits per heavy atom. The minimum atomic E-state index is -0.650. The van der Waals surface area contributed by atoms with E-state index in [1.54, 1.807) is 11.3 Å². The van der Waals surface area contributed by atoms with Gasteiger partial charge in [-0.2, -0.15) is 0 Å². The van der Waals surface area contributed by atoms with E-state index in [0.29, 0.717) is 0 Å². The Hall–Kier alpha value is -2.57. The van der Waals surface area contributed by atoms with Gasteiger partial charge in [0.15, 0.2) is 0 Å². The Kier molecular flexibility index (Phi) is 5.01. The van der Waals surface area contributed by atoms with Gasteiger partial charge >= 0.3 is 0 Å². The summed E-state index contributed by atoms with van der Waals surface area (Å²) >= 11 is 1.73. The molecule has 0 saturated heterocycles. The van der Waals surface area contributed by atoms with E-state index in [2.05, 4.69) is 33.8 Å². The van der Waals surface area contributed by atoms with Gasteiger partial charge in [0, 0.05) is 17.5 Å². The number of nitrogens with one attached hydrogen (secondary N) is 1. The molecule has 1 aliphatic rings. The van der Waals surface area contributed by atoms with Gasteiger partial charge in [-0.3, -0.25) is 9.69 Å². The first-order valence-electron chi connectivity index (χ1n) is 8.72. The predicted molar refractivity (Wildman–Crippen MR) is 103 cm³/mol. The average Bonchev–Trinajstić information content (AvgIpc) is 3.14. The van der Waals surface area contributed by atoms with Crippen molar-refractivity contribution in [3.63, 3.8) is 0 Å². The zero-order chi connectivity index (χ0) is 18.8. The molecular formula is C21H18F2N2OS. The second-order valence-electron chi connectivity index (χ2n) is 6.51. The minimum Gasteiger partial charge on any atom is -0.322 e. The Morgan fingerprint density at radius 2 is 1.96 bits per heavy atom. The van der Waals surface area contributed by atoms with Crippen LogP contribution in [0.15, 0.2) is 60.0 Å². The Morgan fingerprint density at radius 3 is 2.78 bits per heavy atom. The van der Waals surface area contributed by atoms with Gasteiger partial charge in [-0.05, 0) is 41.1 Å². The Bertz CT molecular complexity index is 958. The fourth-order valence-corrected chi connectivity index (χ4v) is 4.44. The van der Waals surface area contributed by atoms with E-state index in [1.807, 2.05) is 18.2 Å². The highest BCUT2D eigenvalue weighted by atomic mass is 32.1. The first-order chi connectivity index (χ1) is 13.1. The van der Waals surface area contributed by atoms with E-state index in [9.17, 15) is 13.6 Å². The number of nitrogens with zero attached hydrogens (tertiary/aromatic N) is 1. The smallest absolute Gasteiger partial charge is 0.238 e. The molecule has 0 saturated carbocycles. The van der Waals surface area contributed by atoms with E-state index in [-0.39, 0.29) is 24.2 Å². The number of carbonyl (C=O) groups is 1. The first kappa shape index (κ1) is 17.8. The number of anilines is 1. The highest BCUT2D eigenvalue weighted by Crippen LogP contribution is 2.37. The average molecular weight is 384 g/mol. The zero-order valence-corrected chi connectivity index (χ0v) is 15.3. The van der Waals surface area contributed by atoms with E-state index < -0.39 is 11.6 Å². The third kappa shape index (κ3) is 3.77. The fourth-order valence-electron chi connectivity index (χ4n) is 3.53. The summed E-state index contributed by atoms with van der Waals surface area (Å²) in [6, 6.07) is 15.1. The van der Waals surface area contributed by atoms with Gasteiger partial charge in [0.05, 0.1) is 18.3 Å². The molecule has 0 fully saturated rings. The maximum Gasteiger partial charge on any atom is 0.238 e. The SMILES string of the molecule is O=C(CN1CCc2sccc2C1c1ccccc1)Nc1cc(F)ccc1F. The number of rotatable bonds is 4. The molecule has 3 nitrogen and oxygen atoms in total. The van der Waals surface area contributed by atoms with Crippen LogP contribution in [0.2, 0.25) is 0 Å². The topological polar surface area (TPSA) is 32.3 Å². The number of thiophene rings is 1. The summed E-state index contributed by atoms with van der Waals surface area (Å²) in [5.41, 5.74) is 2.19. The lowest BCUT2D eigenvalue weighted by Crippen LogP contribution is -2.40. The predicted octanol–water partition coefficient (Wildman–Crippen LogP) is 4.61. The maximum absolute atomic E-state index is 13.8. The Labute approximate surface area is 160 Å². The maximum atomic E-state index is 13.8. The van der Waals surface area contributed by atoms with Crippen molar-refractivity contribution in [2.24, 2.45) is 0 Å². The third-order valence-electron chi connectivity index (χ3n) is 4.73. The van der Waals surface area contributed by atoms with Gasteiger partial charge < -0.3 is 5.32 Å². The number of fused-ring (bicyclic) bond motifs is 1. The van der Waals surface area contributed by atoms with Crippen LogP contribution in [0.4, 0.5) is 14.5 Å². The molecule has 27 heavy (non-hydrogen) atoms.